The van der Waals surface area contributed by atoms with E-state index in [1.165, 1.54) is 0 Å². The smallest absolute Gasteiger partial charge is 0.166 e. The summed E-state index contributed by atoms with van der Waals surface area (Å²) in [6, 6.07) is 1.84. The summed E-state index contributed by atoms with van der Waals surface area (Å²) < 4.78 is 7.78. The molecule has 13 heavy (non-hydrogen) atoms. The average molecular weight is 439 g/mol. The van der Waals surface area contributed by atoms with E-state index >= 15 is 0 Å². The van der Waals surface area contributed by atoms with Gasteiger partial charge in [0.2, 0.25) is 0 Å². The number of hydrogen-bond donors (Lipinski definition) is 0. The summed E-state index contributed by atoms with van der Waals surface area (Å²) in [5, 5.41) is 0.794. The standard InChI is InChI=1S/C7H5Br4NO/c8-1-2-13-6-4(9)3-5(10)12-7(6)11/h3H,1-2H2. The average Bonchev–Trinajstić information content (AvgIpc) is 2.02. The van der Waals surface area contributed by atoms with E-state index < -0.39 is 0 Å². The molecule has 0 saturated carbocycles. The Labute approximate surface area is 110 Å². The highest BCUT2D eigenvalue weighted by Gasteiger charge is 2.08. The molecule has 0 spiro atoms. The van der Waals surface area contributed by atoms with Crippen molar-refractivity contribution in [3.8, 4) is 5.75 Å². The second-order valence-corrected chi connectivity index (χ2v) is 5.30. The Hall–Kier alpha value is 0.870. The highest BCUT2D eigenvalue weighted by atomic mass is 79.9. The lowest BCUT2D eigenvalue weighted by molar-refractivity contribution is 0.338. The number of ether oxygens (including phenoxy) is 1. The first kappa shape index (κ1) is 11.9. The maximum atomic E-state index is 5.45. The van der Waals surface area contributed by atoms with Crippen LogP contribution in [-0.4, -0.2) is 16.9 Å². The summed E-state index contributed by atoms with van der Waals surface area (Å²) in [4.78, 5) is 4.15. The van der Waals surface area contributed by atoms with Gasteiger partial charge in [-0.25, -0.2) is 4.98 Å². The Morgan fingerprint density at radius 3 is 2.54 bits per heavy atom. The van der Waals surface area contributed by atoms with Crippen molar-refractivity contribution in [1.82, 2.24) is 4.98 Å². The lowest BCUT2D eigenvalue weighted by Crippen LogP contribution is -2.00. The van der Waals surface area contributed by atoms with Crippen molar-refractivity contribution in [2.45, 2.75) is 0 Å². The Bertz CT molecular complexity index is 282. The van der Waals surface area contributed by atoms with Crippen LogP contribution in [0.15, 0.2) is 19.7 Å². The monoisotopic (exact) mass is 435 g/mol. The van der Waals surface area contributed by atoms with Gasteiger partial charge in [-0.3, -0.25) is 0 Å². The van der Waals surface area contributed by atoms with Crippen molar-refractivity contribution in [2.75, 3.05) is 11.9 Å². The van der Waals surface area contributed by atoms with Crippen molar-refractivity contribution in [3.05, 3.63) is 19.7 Å². The van der Waals surface area contributed by atoms with Crippen LogP contribution in [0, 0.1) is 0 Å². The molecule has 0 bridgehead atoms. The molecule has 6 heteroatoms. The van der Waals surface area contributed by atoms with E-state index in [9.17, 15) is 0 Å². The Balaban J connectivity index is 2.92. The molecule has 2 nitrogen and oxygen atoms in total. The maximum Gasteiger partial charge on any atom is 0.166 e. The van der Waals surface area contributed by atoms with Gasteiger partial charge >= 0.3 is 0 Å². The molecule has 0 radical (unpaired) electrons. The number of aromatic nitrogens is 1. The fraction of sp³-hybridized carbons (Fsp3) is 0.286. The van der Waals surface area contributed by atoms with Gasteiger partial charge in [-0.15, -0.1) is 0 Å². The quantitative estimate of drug-likeness (QED) is 0.523. The molecule has 1 heterocycles. The first-order chi connectivity index (χ1) is 6.15. The van der Waals surface area contributed by atoms with Gasteiger partial charge in [-0.05, 0) is 53.9 Å². The summed E-state index contributed by atoms with van der Waals surface area (Å²) in [6.45, 7) is 0.612. The highest BCUT2D eigenvalue weighted by Crippen LogP contribution is 2.33. The molecule has 0 aliphatic carbocycles. The van der Waals surface area contributed by atoms with Crippen molar-refractivity contribution in [1.29, 1.82) is 0 Å². The lowest BCUT2D eigenvalue weighted by atomic mass is 10.5. The normalized spacial score (nSPS) is 10.2. The van der Waals surface area contributed by atoms with E-state index in [4.69, 9.17) is 4.74 Å². The molecule has 0 aromatic carbocycles. The highest BCUT2D eigenvalue weighted by molar-refractivity contribution is 9.11. The summed E-state index contributed by atoms with van der Waals surface area (Å²) in [7, 11) is 0. The van der Waals surface area contributed by atoms with Crippen LogP contribution in [0.4, 0.5) is 0 Å². The fourth-order valence-electron chi connectivity index (χ4n) is 0.715. The molecule has 0 aliphatic rings. The zero-order valence-electron chi connectivity index (χ0n) is 6.36. The molecule has 0 amide bonds. The van der Waals surface area contributed by atoms with Gasteiger partial charge in [0.15, 0.2) is 5.75 Å². The van der Waals surface area contributed by atoms with E-state index in [0.29, 0.717) is 11.2 Å². The van der Waals surface area contributed by atoms with Crippen LogP contribution in [0.3, 0.4) is 0 Å². The minimum absolute atomic E-state index is 0.612. The molecule has 0 N–H and O–H groups in total. The van der Waals surface area contributed by atoms with Crippen LogP contribution in [0.2, 0.25) is 0 Å². The molecular weight excluding hydrogens is 434 g/mol. The largest absolute Gasteiger partial charge is 0.489 e. The minimum atomic E-state index is 0.612. The Kier molecular flexibility index (Phi) is 5.22. The van der Waals surface area contributed by atoms with E-state index in [-0.39, 0.29) is 0 Å². The van der Waals surface area contributed by atoms with Gasteiger partial charge < -0.3 is 4.74 Å². The molecule has 0 atom stereocenters. The number of hydrogen-bond acceptors (Lipinski definition) is 2. The second kappa shape index (κ2) is 5.68. The van der Waals surface area contributed by atoms with Crippen LogP contribution < -0.4 is 4.74 Å². The van der Waals surface area contributed by atoms with Crippen LogP contribution in [0.25, 0.3) is 0 Å². The zero-order chi connectivity index (χ0) is 9.84. The Morgan fingerprint density at radius 1 is 1.31 bits per heavy atom. The van der Waals surface area contributed by atoms with E-state index in [1.807, 2.05) is 6.07 Å². The predicted molar refractivity (Wildman–Crippen MR) is 66.6 cm³/mol. The van der Waals surface area contributed by atoms with E-state index in [0.717, 1.165) is 20.2 Å². The summed E-state index contributed by atoms with van der Waals surface area (Å²) in [6.07, 6.45) is 0. The molecule has 0 aliphatic heterocycles. The van der Waals surface area contributed by atoms with Crippen LogP contribution in [-0.2, 0) is 0 Å². The SMILES string of the molecule is BrCCOc1c(Br)cc(Br)nc1Br. The van der Waals surface area contributed by atoms with Gasteiger partial charge in [0, 0.05) is 5.33 Å². The summed E-state index contributed by atoms with van der Waals surface area (Å²) in [5.74, 6) is 0.725. The summed E-state index contributed by atoms with van der Waals surface area (Å²) >= 11 is 13.3. The third-order valence-corrected chi connectivity index (χ3v) is 3.04. The van der Waals surface area contributed by atoms with Crippen LogP contribution in [0.1, 0.15) is 0 Å². The number of nitrogens with zero attached hydrogens (tertiary/aromatic N) is 1. The Morgan fingerprint density at radius 2 is 2.00 bits per heavy atom. The molecule has 1 aromatic heterocycles. The second-order valence-electron chi connectivity index (χ2n) is 2.08. The predicted octanol–water partition coefficient (Wildman–Crippen LogP) is 4.14. The van der Waals surface area contributed by atoms with Gasteiger partial charge in [-0.2, -0.15) is 0 Å². The first-order valence-corrected chi connectivity index (χ1v) is 6.85. The van der Waals surface area contributed by atoms with E-state index in [2.05, 4.69) is 68.7 Å². The third-order valence-electron chi connectivity index (χ3n) is 1.18. The van der Waals surface area contributed by atoms with Crippen LogP contribution in [0.5, 0.6) is 5.75 Å². The molecule has 0 fully saturated rings. The van der Waals surface area contributed by atoms with Crippen molar-refractivity contribution in [3.63, 3.8) is 0 Å². The van der Waals surface area contributed by atoms with E-state index in [1.54, 1.807) is 0 Å². The van der Waals surface area contributed by atoms with Gasteiger partial charge in [0.05, 0.1) is 11.1 Å². The lowest BCUT2D eigenvalue weighted by Gasteiger charge is -2.08. The fourth-order valence-corrected chi connectivity index (χ4v) is 3.13. The number of rotatable bonds is 3. The van der Waals surface area contributed by atoms with Gasteiger partial charge in [0.25, 0.3) is 0 Å². The molecule has 1 aromatic rings. The number of alkyl halides is 1. The van der Waals surface area contributed by atoms with Gasteiger partial charge in [-0.1, -0.05) is 15.9 Å². The topological polar surface area (TPSA) is 22.1 Å². The van der Waals surface area contributed by atoms with Crippen molar-refractivity contribution >= 4 is 63.7 Å². The minimum Gasteiger partial charge on any atom is -0.489 e. The van der Waals surface area contributed by atoms with Crippen molar-refractivity contribution < 1.29 is 4.74 Å². The molecule has 0 unspecified atom stereocenters. The number of halogens is 4. The number of pyridine rings is 1. The van der Waals surface area contributed by atoms with Crippen molar-refractivity contribution in [2.24, 2.45) is 0 Å². The zero-order valence-corrected chi connectivity index (χ0v) is 12.7. The van der Waals surface area contributed by atoms with Gasteiger partial charge in [0.1, 0.15) is 9.21 Å². The van der Waals surface area contributed by atoms with Crippen LogP contribution >= 0.6 is 63.7 Å². The molecular formula is C7H5Br4NO. The molecule has 72 valence electrons. The summed E-state index contributed by atoms with van der Waals surface area (Å²) in [5.41, 5.74) is 0. The first-order valence-electron chi connectivity index (χ1n) is 3.35. The molecule has 0 saturated heterocycles. The third kappa shape index (κ3) is 3.49. The molecule has 1 rings (SSSR count). The maximum absolute atomic E-state index is 5.45.